The van der Waals surface area contributed by atoms with Gasteiger partial charge in [-0.05, 0) is 43.9 Å². The first kappa shape index (κ1) is 14.6. The number of likely N-dealkylation sites (tertiary alicyclic amines) is 1. The number of carbonyl (C=O) groups is 1. The molecule has 1 saturated heterocycles. The highest BCUT2D eigenvalue weighted by atomic mass is 16.5. The Morgan fingerprint density at radius 2 is 2.30 bits per heavy atom. The molecule has 1 aliphatic heterocycles. The Labute approximate surface area is 121 Å². The van der Waals surface area contributed by atoms with E-state index in [0.29, 0.717) is 12.5 Å². The molecular weight excluding hydrogens is 250 g/mol. The van der Waals surface area contributed by atoms with Crippen molar-refractivity contribution in [2.45, 2.75) is 38.6 Å². The second kappa shape index (κ2) is 6.60. The number of rotatable bonds is 4. The molecule has 20 heavy (non-hydrogen) atoms. The van der Waals surface area contributed by atoms with Gasteiger partial charge in [-0.25, -0.2) is 0 Å². The van der Waals surface area contributed by atoms with Gasteiger partial charge < -0.3 is 9.64 Å². The van der Waals surface area contributed by atoms with Crippen molar-refractivity contribution in [1.29, 1.82) is 0 Å². The van der Waals surface area contributed by atoms with Crippen LogP contribution >= 0.6 is 0 Å². The average molecular weight is 273 g/mol. The summed E-state index contributed by atoms with van der Waals surface area (Å²) in [5.74, 6) is 1.01. The number of nitrogens with zero attached hydrogens (tertiary/aromatic N) is 1. The number of amides is 1. The van der Waals surface area contributed by atoms with E-state index < -0.39 is 0 Å². The fourth-order valence-corrected chi connectivity index (χ4v) is 2.80. The third-order valence-electron chi connectivity index (χ3n) is 3.99. The fourth-order valence-electron chi connectivity index (χ4n) is 2.80. The van der Waals surface area contributed by atoms with Crippen molar-refractivity contribution in [3.8, 4) is 5.75 Å². The molecule has 1 heterocycles. The third kappa shape index (κ3) is 3.21. The van der Waals surface area contributed by atoms with Gasteiger partial charge >= 0.3 is 0 Å². The van der Waals surface area contributed by atoms with E-state index in [4.69, 9.17) is 4.74 Å². The standard InChI is InChI=1S/C17H23NO2/c1-4-15-11-14(8-9-16(15)20-3)12-17(19)18-10-6-5-7-13(18)2/h4,8-9,11,13H,1,5-7,10,12H2,2-3H3. The maximum Gasteiger partial charge on any atom is 0.227 e. The van der Waals surface area contributed by atoms with E-state index in [-0.39, 0.29) is 5.91 Å². The molecule has 1 amide bonds. The normalized spacial score (nSPS) is 18.7. The summed E-state index contributed by atoms with van der Waals surface area (Å²) >= 11 is 0. The maximum atomic E-state index is 12.4. The van der Waals surface area contributed by atoms with Crippen molar-refractivity contribution in [2.24, 2.45) is 0 Å². The molecule has 1 unspecified atom stereocenters. The smallest absolute Gasteiger partial charge is 0.227 e. The maximum absolute atomic E-state index is 12.4. The quantitative estimate of drug-likeness (QED) is 0.842. The van der Waals surface area contributed by atoms with Gasteiger partial charge in [0.25, 0.3) is 0 Å². The van der Waals surface area contributed by atoms with Crippen LogP contribution in [0.2, 0.25) is 0 Å². The number of hydrogen-bond acceptors (Lipinski definition) is 2. The van der Waals surface area contributed by atoms with E-state index in [1.165, 1.54) is 6.42 Å². The number of carbonyl (C=O) groups excluding carboxylic acids is 1. The van der Waals surface area contributed by atoms with E-state index >= 15 is 0 Å². The molecule has 108 valence electrons. The highest BCUT2D eigenvalue weighted by Gasteiger charge is 2.23. The molecule has 0 spiro atoms. The van der Waals surface area contributed by atoms with E-state index in [1.807, 2.05) is 23.1 Å². The van der Waals surface area contributed by atoms with Gasteiger partial charge in [-0.15, -0.1) is 0 Å². The molecule has 1 fully saturated rings. The van der Waals surface area contributed by atoms with Crippen LogP contribution in [0.4, 0.5) is 0 Å². The summed E-state index contributed by atoms with van der Waals surface area (Å²) in [5, 5.41) is 0. The molecular formula is C17H23NO2. The molecule has 1 aliphatic rings. The summed E-state index contributed by atoms with van der Waals surface area (Å²) in [5.41, 5.74) is 1.95. The topological polar surface area (TPSA) is 29.5 Å². The molecule has 2 rings (SSSR count). The van der Waals surface area contributed by atoms with E-state index in [9.17, 15) is 4.79 Å². The highest BCUT2D eigenvalue weighted by Crippen LogP contribution is 2.22. The van der Waals surface area contributed by atoms with Crippen LogP contribution in [0.3, 0.4) is 0 Å². The van der Waals surface area contributed by atoms with Crippen molar-refractivity contribution in [2.75, 3.05) is 13.7 Å². The van der Waals surface area contributed by atoms with Crippen LogP contribution in [0.25, 0.3) is 6.08 Å². The molecule has 0 bridgehead atoms. The SMILES string of the molecule is C=Cc1cc(CC(=O)N2CCCCC2C)ccc1OC. The van der Waals surface area contributed by atoms with Crippen LogP contribution in [-0.2, 0) is 11.2 Å². The average Bonchev–Trinajstić information content (AvgIpc) is 2.47. The molecule has 1 aromatic carbocycles. The summed E-state index contributed by atoms with van der Waals surface area (Å²) in [4.78, 5) is 14.4. The van der Waals surface area contributed by atoms with Crippen LogP contribution in [0.5, 0.6) is 5.75 Å². The third-order valence-corrected chi connectivity index (χ3v) is 3.99. The lowest BCUT2D eigenvalue weighted by Gasteiger charge is -2.33. The van der Waals surface area contributed by atoms with Crippen molar-refractivity contribution in [1.82, 2.24) is 4.90 Å². The first-order valence-corrected chi connectivity index (χ1v) is 7.24. The predicted octanol–water partition coefficient (Wildman–Crippen LogP) is 3.28. The molecule has 0 N–H and O–H groups in total. The largest absolute Gasteiger partial charge is 0.496 e. The van der Waals surface area contributed by atoms with E-state index in [1.54, 1.807) is 13.2 Å². The Bertz CT molecular complexity index is 496. The van der Waals surface area contributed by atoms with Gasteiger partial charge in [-0.1, -0.05) is 18.7 Å². The first-order chi connectivity index (χ1) is 9.65. The van der Waals surface area contributed by atoms with Gasteiger partial charge in [-0.2, -0.15) is 0 Å². The van der Waals surface area contributed by atoms with E-state index in [2.05, 4.69) is 13.5 Å². The summed E-state index contributed by atoms with van der Waals surface area (Å²) in [6.07, 6.45) is 5.68. The summed E-state index contributed by atoms with van der Waals surface area (Å²) in [6, 6.07) is 6.21. The minimum atomic E-state index is 0.220. The lowest BCUT2D eigenvalue weighted by molar-refractivity contribution is -0.133. The number of piperidine rings is 1. The Kier molecular flexibility index (Phi) is 4.83. The van der Waals surface area contributed by atoms with Crippen molar-refractivity contribution in [3.63, 3.8) is 0 Å². The van der Waals surface area contributed by atoms with Gasteiger partial charge in [-0.3, -0.25) is 4.79 Å². The van der Waals surface area contributed by atoms with E-state index in [0.717, 1.165) is 36.3 Å². The van der Waals surface area contributed by atoms with Gasteiger partial charge in [0.05, 0.1) is 13.5 Å². The molecule has 1 aromatic rings. The molecule has 1 atom stereocenters. The monoisotopic (exact) mass is 273 g/mol. The van der Waals surface area contributed by atoms with Crippen LogP contribution in [0.15, 0.2) is 24.8 Å². The second-order valence-electron chi connectivity index (χ2n) is 5.39. The Morgan fingerprint density at radius 3 is 2.95 bits per heavy atom. The molecule has 0 saturated carbocycles. The Morgan fingerprint density at radius 1 is 1.50 bits per heavy atom. The lowest BCUT2D eigenvalue weighted by Crippen LogP contribution is -2.42. The molecule has 0 radical (unpaired) electrons. The number of ether oxygens (including phenoxy) is 1. The van der Waals surface area contributed by atoms with Crippen LogP contribution in [-0.4, -0.2) is 30.5 Å². The molecule has 0 aromatic heterocycles. The minimum Gasteiger partial charge on any atom is -0.496 e. The van der Waals surface area contributed by atoms with Crippen molar-refractivity contribution < 1.29 is 9.53 Å². The minimum absolute atomic E-state index is 0.220. The highest BCUT2D eigenvalue weighted by molar-refractivity contribution is 5.79. The zero-order valence-electron chi connectivity index (χ0n) is 12.4. The number of methoxy groups -OCH3 is 1. The predicted molar refractivity (Wildman–Crippen MR) is 81.8 cm³/mol. The summed E-state index contributed by atoms with van der Waals surface area (Å²) in [6.45, 7) is 6.82. The van der Waals surface area contributed by atoms with Crippen molar-refractivity contribution in [3.05, 3.63) is 35.9 Å². The number of hydrogen-bond donors (Lipinski definition) is 0. The Balaban J connectivity index is 2.09. The molecule has 0 aliphatic carbocycles. The van der Waals surface area contributed by atoms with Gasteiger partial charge in [0.1, 0.15) is 5.75 Å². The zero-order chi connectivity index (χ0) is 14.5. The fraction of sp³-hybridized carbons (Fsp3) is 0.471. The van der Waals surface area contributed by atoms with Crippen molar-refractivity contribution >= 4 is 12.0 Å². The lowest BCUT2D eigenvalue weighted by atomic mass is 10.0. The van der Waals surface area contributed by atoms with Crippen LogP contribution in [0, 0.1) is 0 Å². The van der Waals surface area contributed by atoms with Gasteiger partial charge in [0, 0.05) is 18.2 Å². The molecule has 3 heteroatoms. The van der Waals surface area contributed by atoms with Crippen LogP contribution in [0.1, 0.15) is 37.3 Å². The van der Waals surface area contributed by atoms with Gasteiger partial charge in [0.2, 0.25) is 5.91 Å². The van der Waals surface area contributed by atoms with Crippen LogP contribution < -0.4 is 4.74 Å². The summed E-state index contributed by atoms with van der Waals surface area (Å²) < 4.78 is 5.26. The summed E-state index contributed by atoms with van der Waals surface area (Å²) in [7, 11) is 1.64. The number of benzene rings is 1. The zero-order valence-corrected chi connectivity index (χ0v) is 12.4. The second-order valence-corrected chi connectivity index (χ2v) is 5.39. The van der Waals surface area contributed by atoms with Gasteiger partial charge in [0.15, 0.2) is 0 Å². The first-order valence-electron chi connectivity index (χ1n) is 7.24. The Hall–Kier alpha value is -1.77. The molecule has 3 nitrogen and oxygen atoms in total.